The fourth-order valence-corrected chi connectivity index (χ4v) is 3.97. The second kappa shape index (κ2) is 8.54. The van der Waals surface area contributed by atoms with Gasteiger partial charge in [-0.1, -0.05) is 35.3 Å². The first-order valence-corrected chi connectivity index (χ1v) is 10.5. The zero-order valence-electron chi connectivity index (χ0n) is 17.0. The maximum atomic E-state index is 13.4. The summed E-state index contributed by atoms with van der Waals surface area (Å²) in [6.07, 6.45) is 0. The molecule has 1 aliphatic rings. The van der Waals surface area contributed by atoms with Crippen molar-refractivity contribution in [3.8, 4) is 17.3 Å². The quantitative estimate of drug-likeness (QED) is 0.598. The number of nitriles is 1. The van der Waals surface area contributed by atoms with Gasteiger partial charge in [0.05, 0.1) is 34.9 Å². The predicted molar refractivity (Wildman–Crippen MR) is 122 cm³/mol. The number of aromatic nitrogens is 2. The number of amides is 3. The number of carbonyl (C=O) groups excluding carboxylic acids is 2. The Balaban J connectivity index is 1.79. The summed E-state index contributed by atoms with van der Waals surface area (Å²) in [5, 5.41) is 17.3. The van der Waals surface area contributed by atoms with E-state index in [-0.39, 0.29) is 11.6 Å². The molecule has 0 unspecified atom stereocenters. The van der Waals surface area contributed by atoms with Crippen molar-refractivity contribution in [1.29, 1.82) is 5.26 Å². The van der Waals surface area contributed by atoms with Gasteiger partial charge in [-0.05, 0) is 36.8 Å². The van der Waals surface area contributed by atoms with E-state index in [1.807, 2.05) is 25.1 Å². The molecular weight excluding hydrogens is 451 g/mol. The Kier molecular flexibility index (Phi) is 5.78. The predicted octanol–water partition coefficient (Wildman–Crippen LogP) is 4.18. The van der Waals surface area contributed by atoms with E-state index < -0.39 is 11.9 Å². The van der Waals surface area contributed by atoms with E-state index in [1.165, 1.54) is 17.0 Å². The highest BCUT2D eigenvalue weighted by Crippen LogP contribution is 2.32. The number of nitrogens with zero attached hydrogens (tertiary/aromatic N) is 4. The van der Waals surface area contributed by atoms with Crippen LogP contribution in [0.15, 0.2) is 36.4 Å². The van der Waals surface area contributed by atoms with E-state index in [2.05, 4.69) is 10.4 Å². The Bertz CT molecular complexity index is 1290. The van der Waals surface area contributed by atoms with Crippen molar-refractivity contribution >= 4 is 40.8 Å². The number of fused-ring (bicyclic) bond motifs is 1. The Morgan fingerprint density at radius 1 is 1.16 bits per heavy atom. The fourth-order valence-electron chi connectivity index (χ4n) is 3.56. The minimum Gasteiger partial charge on any atom is -0.351 e. The van der Waals surface area contributed by atoms with Crippen LogP contribution in [0.2, 0.25) is 10.0 Å². The van der Waals surface area contributed by atoms with Gasteiger partial charge in [0, 0.05) is 22.8 Å². The van der Waals surface area contributed by atoms with Gasteiger partial charge in [0.25, 0.3) is 5.91 Å². The number of primary amides is 1. The van der Waals surface area contributed by atoms with E-state index in [4.69, 9.17) is 34.2 Å². The highest BCUT2D eigenvalue weighted by Gasteiger charge is 2.30. The van der Waals surface area contributed by atoms with Crippen LogP contribution >= 0.6 is 23.2 Å². The number of anilines is 1. The van der Waals surface area contributed by atoms with Crippen LogP contribution in [0.3, 0.4) is 0 Å². The van der Waals surface area contributed by atoms with Crippen molar-refractivity contribution in [2.75, 3.05) is 11.9 Å². The minimum atomic E-state index is -0.567. The summed E-state index contributed by atoms with van der Waals surface area (Å²) in [6.45, 7) is 2.83. The third-order valence-corrected chi connectivity index (χ3v) is 6.03. The molecule has 2 aromatic carbocycles. The normalized spacial score (nSPS) is 12.8. The van der Waals surface area contributed by atoms with Gasteiger partial charge in [0.15, 0.2) is 0 Å². The second-order valence-electron chi connectivity index (χ2n) is 7.38. The number of nitrogens with one attached hydrogen (secondary N) is 1. The van der Waals surface area contributed by atoms with Gasteiger partial charge in [-0.2, -0.15) is 10.4 Å². The number of halogens is 2. The summed E-state index contributed by atoms with van der Waals surface area (Å²) in [6, 6.07) is 11.5. The molecule has 0 fully saturated rings. The van der Waals surface area contributed by atoms with Crippen LogP contribution in [0.5, 0.6) is 0 Å². The number of hydrogen-bond acceptors (Lipinski definition) is 4. The average Bonchev–Trinajstić information content (AvgIpc) is 3.14. The number of aryl methyl sites for hydroxylation is 1. The van der Waals surface area contributed by atoms with E-state index in [0.29, 0.717) is 51.9 Å². The first-order valence-electron chi connectivity index (χ1n) is 9.70. The second-order valence-corrected chi connectivity index (χ2v) is 8.19. The van der Waals surface area contributed by atoms with Crippen molar-refractivity contribution in [2.45, 2.75) is 20.0 Å². The van der Waals surface area contributed by atoms with Gasteiger partial charge in [0.2, 0.25) is 0 Å². The van der Waals surface area contributed by atoms with Crippen molar-refractivity contribution in [3.63, 3.8) is 0 Å². The third kappa shape index (κ3) is 4.00. The summed E-state index contributed by atoms with van der Waals surface area (Å²) in [7, 11) is 0. The molecule has 1 aromatic heterocycles. The molecule has 0 saturated carbocycles. The Morgan fingerprint density at radius 3 is 2.59 bits per heavy atom. The summed E-state index contributed by atoms with van der Waals surface area (Å²) in [5.41, 5.74) is 9.11. The first-order chi connectivity index (χ1) is 15.3. The molecule has 162 valence electrons. The molecule has 32 heavy (non-hydrogen) atoms. The zero-order valence-corrected chi connectivity index (χ0v) is 18.5. The van der Waals surface area contributed by atoms with Crippen LogP contribution in [0.4, 0.5) is 10.5 Å². The van der Waals surface area contributed by atoms with Crippen molar-refractivity contribution in [1.82, 2.24) is 14.7 Å². The van der Waals surface area contributed by atoms with E-state index in [9.17, 15) is 9.59 Å². The van der Waals surface area contributed by atoms with Crippen LogP contribution in [-0.4, -0.2) is 33.2 Å². The van der Waals surface area contributed by atoms with Gasteiger partial charge in [-0.15, -0.1) is 0 Å². The summed E-state index contributed by atoms with van der Waals surface area (Å²) >= 11 is 12.4. The lowest BCUT2D eigenvalue weighted by Crippen LogP contribution is -2.42. The largest absolute Gasteiger partial charge is 0.351 e. The number of benzene rings is 2. The molecule has 2 heterocycles. The van der Waals surface area contributed by atoms with E-state index in [1.54, 1.807) is 16.8 Å². The lowest BCUT2D eigenvalue weighted by Gasteiger charge is -2.26. The van der Waals surface area contributed by atoms with Crippen molar-refractivity contribution in [2.24, 2.45) is 5.73 Å². The Hall–Kier alpha value is -3.54. The highest BCUT2D eigenvalue weighted by molar-refractivity contribution is 6.32. The molecule has 8 nitrogen and oxygen atoms in total. The molecule has 0 spiro atoms. The molecule has 4 rings (SSSR count). The zero-order chi connectivity index (χ0) is 23.0. The number of rotatable bonds is 3. The number of nitrogens with two attached hydrogens (primary N) is 1. The SMILES string of the molecule is Cc1ccc(-c2nn3c(c2C(=O)Nc2ccc(C#N)c(Cl)c2)CN(C(N)=O)CC3)cc1Cl. The van der Waals surface area contributed by atoms with Crippen LogP contribution in [0, 0.1) is 18.3 Å². The molecule has 0 saturated heterocycles. The summed E-state index contributed by atoms with van der Waals surface area (Å²) in [4.78, 5) is 26.6. The molecule has 3 aromatic rings. The molecule has 0 aliphatic carbocycles. The van der Waals surface area contributed by atoms with Crippen LogP contribution in [-0.2, 0) is 13.1 Å². The number of urea groups is 1. The highest BCUT2D eigenvalue weighted by atomic mass is 35.5. The maximum absolute atomic E-state index is 13.4. The lowest BCUT2D eigenvalue weighted by atomic mass is 10.0. The Labute approximate surface area is 194 Å². The summed E-state index contributed by atoms with van der Waals surface area (Å²) in [5.74, 6) is -0.426. The Morgan fingerprint density at radius 2 is 1.94 bits per heavy atom. The molecule has 0 atom stereocenters. The van der Waals surface area contributed by atoms with Crippen molar-refractivity contribution < 1.29 is 9.59 Å². The molecule has 1 aliphatic heterocycles. The number of hydrogen-bond donors (Lipinski definition) is 2. The topological polar surface area (TPSA) is 117 Å². The van der Waals surface area contributed by atoms with Crippen LogP contribution in [0.1, 0.15) is 27.2 Å². The van der Waals surface area contributed by atoms with Crippen molar-refractivity contribution in [3.05, 3.63) is 68.8 Å². The van der Waals surface area contributed by atoms with E-state index in [0.717, 1.165) is 5.56 Å². The fraction of sp³-hybridized carbons (Fsp3) is 0.182. The standard InChI is InChI=1S/C22H18Cl2N6O2/c1-12-2-3-13(8-16(12)23)20-19(18-11-29(22(26)32)6-7-30(18)28-20)21(31)27-15-5-4-14(10-25)17(24)9-15/h2-5,8-9H,6-7,11H2,1H3,(H2,26,32)(H,27,31). The van der Waals surface area contributed by atoms with Gasteiger partial charge in [0.1, 0.15) is 11.8 Å². The first kappa shape index (κ1) is 21.7. The third-order valence-electron chi connectivity index (χ3n) is 5.31. The minimum absolute atomic E-state index is 0.152. The van der Waals surface area contributed by atoms with Crippen LogP contribution < -0.4 is 11.1 Å². The van der Waals surface area contributed by atoms with Crippen LogP contribution in [0.25, 0.3) is 11.3 Å². The van der Waals surface area contributed by atoms with Gasteiger partial charge in [-0.25, -0.2) is 4.79 Å². The van der Waals surface area contributed by atoms with Gasteiger partial charge in [-0.3, -0.25) is 9.48 Å². The molecular formula is C22H18Cl2N6O2. The molecule has 0 radical (unpaired) electrons. The van der Waals surface area contributed by atoms with Gasteiger partial charge < -0.3 is 16.0 Å². The van der Waals surface area contributed by atoms with E-state index >= 15 is 0 Å². The molecule has 3 N–H and O–H groups in total. The lowest BCUT2D eigenvalue weighted by molar-refractivity contribution is 0.102. The smallest absolute Gasteiger partial charge is 0.315 e. The summed E-state index contributed by atoms with van der Waals surface area (Å²) < 4.78 is 1.71. The van der Waals surface area contributed by atoms with Gasteiger partial charge >= 0.3 is 6.03 Å². The number of carbonyl (C=O) groups is 2. The monoisotopic (exact) mass is 468 g/mol. The maximum Gasteiger partial charge on any atom is 0.315 e. The average molecular weight is 469 g/mol. The molecule has 0 bridgehead atoms. The molecule has 3 amide bonds. The molecule has 10 heteroatoms.